The van der Waals surface area contributed by atoms with Crippen molar-refractivity contribution in [2.24, 2.45) is 5.92 Å². The molecule has 4 rings (SSSR count). The van der Waals surface area contributed by atoms with E-state index in [2.05, 4.69) is 28.9 Å². The molecule has 8 heteroatoms. The molecule has 0 unspecified atom stereocenters. The predicted molar refractivity (Wildman–Crippen MR) is 134 cm³/mol. The minimum absolute atomic E-state index is 0.000426. The molecule has 8 nitrogen and oxygen atoms in total. The Bertz CT molecular complexity index is 1120. The number of nitrogens with zero attached hydrogens (tertiary/aromatic N) is 4. The number of rotatable bonds is 9. The van der Waals surface area contributed by atoms with E-state index in [1.165, 1.54) is 5.56 Å². The van der Waals surface area contributed by atoms with Crippen LogP contribution >= 0.6 is 0 Å². The maximum atomic E-state index is 13.2. The molecule has 35 heavy (non-hydrogen) atoms. The molecule has 186 valence electrons. The van der Waals surface area contributed by atoms with Crippen LogP contribution in [-0.2, 0) is 6.54 Å². The minimum atomic E-state index is 0.000426. The van der Waals surface area contributed by atoms with Crippen LogP contribution in [0.4, 0.5) is 0 Å². The second-order valence-electron chi connectivity index (χ2n) is 9.25. The summed E-state index contributed by atoms with van der Waals surface area (Å²) in [5, 5.41) is 4.12. The van der Waals surface area contributed by atoms with Crippen LogP contribution in [0.1, 0.15) is 42.6 Å². The normalized spacial score (nSPS) is 14.4. The van der Waals surface area contributed by atoms with Crippen molar-refractivity contribution in [3.05, 3.63) is 59.5 Å². The molecule has 0 atom stereocenters. The van der Waals surface area contributed by atoms with Crippen LogP contribution < -0.4 is 9.47 Å². The lowest BCUT2D eigenvalue weighted by Crippen LogP contribution is -2.48. The van der Waals surface area contributed by atoms with Crippen LogP contribution in [0.5, 0.6) is 11.5 Å². The van der Waals surface area contributed by atoms with Gasteiger partial charge in [-0.15, -0.1) is 0 Å². The molecule has 0 N–H and O–H groups in total. The van der Waals surface area contributed by atoms with Crippen molar-refractivity contribution >= 4 is 5.91 Å². The lowest BCUT2D eigenvalue weighted by Gasteiger charge is -2.34. The third kappa shape index (κ3) is 6.39. The Morgan fingerprint density at radius 3 is 2.46 bits per heavy atom. The van der Waals surface area contributed by atoms with Crippen molar-refractivity contribution in [3.63, 3.8) is 0 Å². The summed E-state index contributed by atoms with van der Waals surface area (Å²) < 4.78 is 17.1. The van der Waals surface area contributed by atoms with E-state index in [1.54, 1.807) is 6.07 Å². The largest absolute Gasteiger partial charge is 0.490 e. The molecule has 3 aromatic rings. The Balaban J connectivity index is 1.33. The number of benzene rings is 2. The van der Waals surface area contributed by atoms with Gasteiger partial charge in [0.15, 0.2) is 11.5 Å². The highest BCUT2D eigenvalue weighted by Gasteiger charge is 2.24. The zero-order valence-corrected chi connectivity index (χ0v) is 21.0. The summed E-state index contributed by atoms with van der Waals surface area (Å²) in [6.45, 7) is 12.6. The Morgan fingerprint density at radius 1 is 1.03 bits per heavy atom. The fraction of sp³-hybridized carbons (Fsp3) is 0.444. The first-order valence-electron chi connectivity index (χ1n) is 12.2. The van der Waals surface area contributed by atoms with Gasteiger partial charge in [0.25, 0.3) is 5.91 Å². The van der Waals surface area contributed by atoms with E-state index in [0.29, 0.717) is 67.5 Å². The Morgan fingerprint density at radius 2 is 1.77 bits per heavy atom. The van der Waals surface area contributed by atoms with Crippen LogP contribution in [0, 0.1) is 12.8 Å². The van der Waals surface area contributed by atoms with Gasteiger partial charge < -0.3 is 18.9 Å². The molecule has 1 aromatic heterocycles. The molecular weight excluding hydrogens is 444 g/mol. The topological polar surface area (TPSA) is 80.9 Å². The van der Waals surface area contributed by atoms with Gasteiger partial charge in [0.1, 0.15) is 0 Å². The number of amides is 1. The molecule has 1 amide bonds. The number of carbonyl (C=O) groups excluding carboxylic acids is 1. The molecule has 2 aromatic carbocycles. The summed E-state index contributed by atoms with van der Waals surface area (Å²) in [6, 6.07) is 13.5. The molecule has 1 aliphatic rings. The van der Waals surface area contributed by atoms with Gasteiger partial charge in [-0.2, -0.15) is 4.98 Å². The van der Waals surface area contributed by atoms with Crippen molar-refractivity contribution < 1.29 is 18.8 Å². The van der Waals surface area contributed by atoms with Crippen LogP contribution in [0.3, 0.4) is 0 Å². The number of piperazine rings is 1. The summed E-state index contributed by atoms with van der Waals surface area (Å²) in [7, 11) is 0. The average Bonchev–Trinajstić information content (AvgIpc) is 3.32. The molecule has 1 fully saturated rings. The van der Waals surface area contributed by atoms with E-state index in [9.17, 15) is 4.79 Å². The third-order valence-corrected chi connectivity index (χ3v) is 5.86. The van der Waals surface area contributed by atoms with Gasteiger partial charge in [-0.3, -0.25) is 9.69 Å². The summed E-state index contributed by atoms with van der Waals surface area (Å²) in [5.41, 5.74) is 2.74. The van der Waals surface area contributed by atoms with E-state index in [1.807, 2.05) is 55.1 Å². The number of ether oxygens (including phenoxy) is 2. The lowest BCUT2D eigenvalue weighted by atomic mass is 10.1. The zero-order chi connectivity index (χ0) is 24.8. The highest BCUT2D eigenvalue weighted by Crippen LogP contribution is 2.29. The van der Waals surface area contributed by atoms with Crippen molar-refractivity contribution in [3.8, 4) is 22.9 Å². The summed E-state index contributed by atoms with van der Waals surface area (Å²) >= 11 is 0. The molecule has 0 spiro atoms. The Hall–Kier alpha value is -3.39. The Kier molecular flexibility index (Phi) is 8.02. The number of carbonyl (C=O) groups is 1. The fourth-order valence-corrected chi connectivity index (χ4v) is 3.91. The van der Waals surface area contributed by atoms with Gasteiger partial charge >= 0.3 is 0 Å². The van der Waals surface area contributed by atoms with Crippen molar-refractivity contribution in [2.75, 3.05) is 39.4 Å². The van der Waals surface area contributed by atoms with Gasteiger partial charge in [-0.05, 0) is 38.0 Å². The van der Waals surface area contributed by atoms with Gasteiger partial charge in [0.2, 0.25) is 11.7 Å². The van der Waals surface area contributed by atoms with Crippen molar-refractivity contribution in [1.82, 2.24) is 19.9 Å². The maximum Gasteiger partial charge on any atom is 0.254 e. The smallest absolute Gasteiger partial charge is 0.254 e. The molecule has 0 saturated carbocycles. The first-order valence-corrected chi connectivity index (χ1v) is 12.2. The first kappa shape index (κ1) is 24.7. The predicted octanol–water partition coefficient (Wildman–Crippen LogP) is 4.44. The monoisotopic (exact) mass is 478 g/mol. The van der Waals surface area contributed by atoms with E-state index in [0.717, 1.165) is 18.7 Å². The van der Waals surface area contributed by atoms with E-state index in [-0.39, 0.29) is 5.91 Å². The van der Waals surface area contributed by atoms with Gasteiger partial charge in [-0.25, -0.2) is 0 Å². The van der Waals surface area contributed by atoms with Crippen molar-refractivity contribution in [2.45, 2.75) is 34.2 Å². The zero-order valence-electron chi connectivity index (χ0n) is 21.0. The molecule has 1 aliphatic heterocycles. The molecular formula is C27H34N4O4. The van der Waals surface area contributed by atoms with Crippen LogP contribution in [0.25, 0.3) is 11.4 Å². The molecule has 0 radical (unpaired) electrons. The maximum absolute atomic E-state index is 13.2. The molecule has 0 aliphatic carbocycles. The van der Waals surface area contributed by atoms with E-state index < -0.39 is 0 Å². The lowest BCUT2D eigenvalue weighted by molar-refractivity contribution is 0.0614. The number of hydrogen-bond acceptors (Lipinski definition) is 7. The second kappa shape index (κ2) is 11.4. The fourth-order valence-electron chi connectivity index (χ4n) is 3.91. The van der Waals surface area contributed by atoms with E-state index in [4.69, 9.17) is 14.0 Å². The summed E-state index contributed by atoms with van der Waals surface area (Å²) in [6.07, 6.45) is 0. The standard InChI is InChI=1S/C27H34N4O4/c1-5-33-24-16-22(10-11-23(24)34-18-19(2)3)27(32)31-14-12-30(13-15-31)17-25-28-26(29-35-25)21-8-6-20(4)7-9-21/h6-11,16,19H,5,12-15,17-18H2,1-4H3. The highest BCUT2D eigenvalue weighted by atomic mass is 16.5. The number of hydrogen-bond donors (Lipinski definition) is 0. The van der Waals surface area contributed by atoms with Crippen LogP contribution in [0.2, 0.25) is 0 Å². The van der Waals surface area contributed by atoms with Crippen molar-refractivity contribution in [1.29, 1.82) is 0 Å². The molecule has 1 saturated heterocycles. The average molecular weight is 479 g/mol. The summed E-state index contributed by atoms with van der Waals surface area (Å²) in [5.74, 6) is 2.87. The van der Waals surface area contributed by atoms with Crippen LogP contribution in [-0.4, -0.2) is 65.2 Å². The summed E-state index contributed by atoms with van der Waals surface area (Å²) in [4.78, 5) is 21.8. The highest BCUT2D eigenvalue weighted by molar-refractivity contribution is 5.95. The quantitative estimate of drug-likeness (QED) is 0.450. The molecule has 0 bridgehead atoms. The van der Waals surface area contributed by atoms with Gasteiger partial charge in [0.05, 0.1) is 19.8 Å². The first-order chi connectivity index (χ1) is 16.9. The van der Waals surface area contributed by atoms with Crippen LogP contribution in [0.15, 0.2) is 47.0 Å². The number of aryl methyl sites for hydroxylation is 1. The SMILES string of the molecule is CCOc1cc(C(=O)N2CCN(Cc3nc(-c4ccc(C)cc4)no3)CC2)ccc1OCC(C)C. The van der Waals surface area contributed by atoms with E-state index >= 15 is 0 Å². The minimum Gasteiger partial charge on any atom is -0.490 e. The number of aromatic nitrogens is 2. The van der Waals surface area contributed by atoms with Gasteiger partial charge in [-0.1, -0.05) is 48.8 Å². The third-order valence-electron chi connectivity index (χ3n) is 5.86. The molecule has 2 heterocycles. The van der Waals surface area contributed by atoms with Gasteiger partial charge in [0, 0.05) is 37.3 Å². The second-order valence-corrected chi connectivity index (χ2v) is 9.25. The Labute approximate surface area is 206 Å².